The number of benzene rings is 1. The van der Waals surface area contributed by atoms with E-state index in [9.17, 15) is 8.42 Å². The van der Waals surface area contributed by atoms with Crippen LogP contribution in [-0.2, 0) is 20.3 Å². The second-order valence-corrected chi connectivity index (χ2v) is 7.66. The summed E-state index contributed by atoms with van der Waals surface area (Å²) in [4.78, 5) is 0. The molecular weight excluding hydrogens is 274 g/mol. The monoisotopic (exact) mass is 297 g/mol. The molecule has 1 saturated carbocycles. The molecule has 0 aromatic heterocycles. The van der Waals surface area contributed by atoms with Gasteiger partial charge in [-0.25, -0.2) is 8.42 Å². The Balaban J connectivity index is 1.87. The van der Waals surface area contributed by atoms with E-state index in [4.69, 9.17) is 4.74 Å². The molecule has 0 unspecified atom stereocenters. The highest BCUT2D eigenvalue weighted by Crippen LogP contribution is 2.30. The molecule has 112 valence electrons. The highest BCUT2D eigenvalue weighted by atomic mass is 32.2. The van der Waals surface area contributed by atoms with Crippen LogP contribution in [-0.4, -0.2) is 33.9 Å². The van der Waals surface area contributed by atoms with Gasteiger partial charge in [-0.15, -0.1) is 0 Å². The zero-order valence-corrected chi connectivity index (χ0v) is 12.9. The Labute approximate surface area is 121 Å². The Morgan fingerprint density at radius 3 is 2.65 bits per heavy atom. The second-order valence-electron chi connectivity index (χ2n) is 5.52. The van der Waals surface area contributed by atoms with Gasteiger partial charge in [0.2, 0.25) is 0 Å². The fourth-order valence-electron chi connectivity index (χ4n) is 2.57. The number of para-hydroxylation sites is 1. The first-order chi connectivity index (χ1) is 9.48. The van der Waals surface area contributed by atoms with Gasteiger partial charge in [0, 0.05) is 25.1 Å². The molecule has 1 N–H and O–H groups in total. The van der Waals surface area contributed by atoms with Crippen LogP contribution in [0, 0.1) is 5.92 Å². The summed E-state index contributed by atoms with van der Waals surface area (Å²) < 4.78 is 28.4. The number of hydrogen-bond acceptors (Lipinski definition) is 4. The van der Waals surface area contributed by atoms with Crippen LogP contribution in [0.3, 0.4) is 0 Å². The molecule has 0 atom stereocenters. The lowest BCUT2D eigenvalue weighted by Gasteiger charge is -2.35. The fraction of sp³-hybridized carbons (Fsp3) is 0.600. The van der Waals surface area contributed by atoms with E-state index in [0.29, 0.717) is 12.0 Å². The SMILES string of the molecule is CCOC1CC(CNc2ccccc2CS(C)(=O)=O)C1. The fourth-order valence-corrected chi connectivity index (χ4v) is 3.39. The lowest BCUT2D eigenvalue weighted by Crippen LogP contribution is -2.35. The zero-order chi connectivity index (χ0) is 14.6. The van der Waals surface area contributed by atoms with Crippen LogP contribution in [0.15, 0.2) is 24.3 Å². The van der Waals surface area contributed by atoms with E-state index >= 15 is 0 Å². The molecule has 2 rings (SSSR count). The van der Waals surface area contributed by atoms with Crippen molar-refractivity contribution >= 4 is 15.5 Å². The minimum atomic E-state index is -3.01. The number of hydrogen-bond donors (Lipinski definition) is 1. The van der Waals surface area contributed by atoms with Crippen LogP contribution in [0.4, 0.5) is 5.69 Å². The Morgan fingerprint density at radius 2 is 2.00 bits per heavy atom. The molecule has 0 heterocycles. The van der Waals surface area contributed by atoms with Gasteiger partial charge >= 0.3 is 0 Å². The molecular formula is C15H23NO3S. The third-order valence-corrected chi connectivity index (χ3v) is 4.45. The Bertz CT molecular complexity index is 536. The summed E-state index contributed by atoms with van der Waals surface area (Å²) in [6, 6.07) is 7.62. The van der Waals surface area contributed by atoms with E-state index in [1.54, 1.807) is 0 Å². The number of anilines is 1. The molecule has 0 saturated heterocycles. The molecule has 0 amide bonds. The molecule has 1 aromatic rings. The van der Waals surface area contributed by atoms with Crippen molar-refractivity contribution < 1.29 is 13.2 Å². The number of ether oxygens (including phenoxy) is 1. The lowest BCUT2D eigenvalue weighted by molar-refractivity contribution is -0.0205. The summed E-state index contributed by atoms with van der Waals surface area (Å²) >= 11 is 0. The van der Waals surface area contributed by atoms with Crippen LogP contribution in [0.1, 0.15) is 25.3 Å². The topological polar surface area (TPSA) is 55.4 Å². The van der Waals surface area contributed by atoms with Crippen LogP contribution in [0.5, 0.6) is 0 Å². The third-order valence-electron chi connectivity index (χ3n) is 3.61. The highest BCUT2D eigenvalue weighted by Gasteiger charge is 2.29. The highest BCUT2D eigenvalue weighted by molar-refractivity contribution is 7.89. The van der Waals surface area contributed by atoms with Crippen LogP contribution in [0.2, 0.25) is 0 Å². The molecule has 1 aliphatic rings. The van der Waals surface area contributed by atoms with Crippen LogP contribution < -0.4 is 5.32 Å². The van der Waals surface area contributed by atoms with E-state index in [1.807, 2.05) is 31.2 Å². The van der Waals surface area contributed by atoms with Crippen molar-refractivity contribution in [3.8, 4) is 0 Å². The molecule has 0 spiro atoms. The van der Waals surface area contributed by atoms with E-state index < -0.39 is 9.84 Å². The molecule has 1 aliphatic carbocycles. The van der Waals surface area contributed by atoms with Gasteiger partial charge in [0.05, 0.1) is 11.9 Å². The quantitative estimate of drug-likeness (QED) is 0.840. The Hall–Kier alpha value is -1.07. The van der Waals surface area contributed by atoms with Crippen molar-refractivity contribution in [2.45, 2.75) is 31.6 Å². The molecule has 0 radical (unpaired) electrons. The van der Waals surface area contributed by atoms with Gasteiger partial charge in [0.1, 0.15) is 0 Å². The maximum atomic E-state index is 11.4. The third kappa shape index (κ3) is 4.49. The number of rotatable bonds is 7. The summed E-state index contributed by atoms with van der Waals surface area (Å²) in [6.07, 6.45) is 3.87. The minimum absolute atomic E-state index is 0.0857. The lowest BCUT2D eigenvalue weighted by atomic mass is 9.82. The summed E-state index contributed by atoms with van der Waals surface area (Å²) in [6.45, 7) is 3.68. The molecule has 5 heteroatoms. The van der Waals surface area contributed by atoms with Gasteiger partial charge in [0.15, 0.2) is 9.84 Å². The van der Waals surface area contributed by atoms with Gasteiger partial charge < -0.3 is 10.1 Å². The maximum Gasteiger partial charge on any atom is 0.151 e. The van der Waals surface area contributed by atoms with E-state index in [-0.39, 0.29) is 5.75 Å². The molecule has 4 nitrogen and oxygen atoms in total. The smallest absolute Gasteiger partial charge is 0.151 e. The van der Waals surface area contributed by atoms with Crippen molar-refractivity contribution in [2.75, 3.05) is 24.7 Å². The van der Waals surface area contributed by atoms with E-state index in [2.05, 4.69) is 5.32 Å². The van der Waals surface area contributed by atoms with E-state index in [1.165, 1.54) is 6.26 Å². The first kappa shape index (κ1) is 15.3. The average molecular weight is 297 g/mol. The molecule has 1 fully saturated rings. The molecule has 0 bridgehead atoms. The Kier molecular flexibility index (Phi) is 5.05. The van der Waals surface area contributed by atoms with Crippen molar-refractivity contribution in [1.82, 2.24) is 0 Å². The average Bonchev–Trinajstić information content (AvgIpc) is 2.32. The van der Waals surface area contributed by atoms with Crippen molar-refractivity contribution in [3.63, 3.8) is 0 Å². The largest absolute Gasteiger partial charge is 0.385 e. The predicted molar refractivity (Wildman–Crippen MR) is 81.6 cm³/mol. The zero-order valence-electron chi connectivity index (χ0n) is 12.1. The molecule has 20 heavy (non-hydrogen) atoms. The number of sulfone groups is 1. The van der Waals surface area contributed by atoms with Crippen LogP contribution in [0.25, 0.3) is 0 Å². The summed E-state index contributed by atoms with van der Waals surface area (Å²) in [5.74, 6) is 0.709. The first-order valence-electron chi connectivity index (χ1n) is 7.09. The normalized spacial score (nSPS) is 22.3. The minimum Gasteiger partial charge on any atom is -0.385 e. The van der Waals surface area contributed by atoms with Gasteiger partial charge in [-0.05, 0) is 37.3 Å². The standard InChI is InChI=1S/C15H23NO3S/c1-3-19-14-8-12(9-14)10-16-15-7-5-4-6-13(15)11-20(2,17)18/h4-7,12,14,16H,3,8-11H2,1-2H3. The van der Waals surface area contributed by atoms with Crippen LogP contribution >= 0.6 is 0 Å². The van der Waals surface area contributed by atoms with Gasteiger partial charge in [-0.1, -0.05) is 18.2 Å². The van der Waals surface area contributed by atoms with Crippen molar-refractivity contribution in [1.29, 1.82) is 0 Å². The molecule has 0 aliphatic heterocycles. The van der Waals surface area contributed by atoms with Crippen molar-refractivity contribution in [3.05, 3.63) is 29.8 Å². The van der Waals surface area contributed by atoms with Gasteiger partial charge in [0.25, 0.3) is 0 Å². The van der Waals surface area contributed by atoms with Gasteiger partial charge in [-0.3, -0.25) is 0 Å². The summed E-state index contributed by atoms with van der Waals surface area (Å²) in [5, 5.41) is 3.38. The van der Waals surface area contributed by atoms with Crippen molar-refractivity contribution in [2.24, 2.45) is 5.92 Å². The number of nitrogens with one attached hydrogen (secondary N) is 1. The predicted octanol–water partition coefficient (Wildman–Crippen LogP) is 2.46. The van der Waals surface area contributed by atoms with Gasteiger partial charge in [-0.2, -0.15) is 0 Å². The Morgan fingerprint density at radius 1 is 1.30 bits per heavy atom. The summed E-state index contributed by atoms with van der Waals surface area (Å²) in [7, 11) is -3.01. The second kappa shape index (κ2) is 6.59. The van der Waals surface area contributed by atoms with E-state index in [0.717, 1.165) is 37.2 Å². The first-order valence-corrected chi connectivity index (χ1v) is 9.15. The molecule has 1 aromatic carbocycles. The maximum absolute atomic E-state index is 11.4. The summed E-state index contributed by atoms with van der Waals surface area (Å²) in [5.41, 5.74) is 1.77.